The van der Waals surface area contributed by atoms with Crippen LogP contribution in [0.4, 0.5) is 58.8 Å². The van der Waals surface area contributed by atoms with Crippen LogP contribution in [0.1, 0.15) is 169 Å². The number of halogens is 7. The first-order valence-corrected chi connectivity index (χ1v) is 40.7. The molecular weight excluding hydrogens is 1590 g/mol. The third-order valence-electron chi connectivity index (χ3n) is 20.8. The maximum Gasteiger partial charge on any atom is 0.416 e. The van der Waals surface area contributed by atoms with Crippen molar-refractivity contribution >= 4 is 103 Å². The Morgan fingerprint density at radius 2 is 1.40 bits per heavy atom. The van der Waals surface area contributed by atoms with E-state index < -0.39 is 70.4 Å². The third-order valence-corrected chi connectivity index (χ3v) is 22.8. The number of aromatic amines is 1. The highest BCUT2D eigenvalue weighted by Gasteiger charge is 2.34. The fourth-order valence-corrected chi connectivity index (χ4v) is 15.9. The van der Waals surface area contributed by atoms with Crippen LogP contribution in [0.3, 0.4) is 0 Å². The molecule has 0 radical (unpaired) electrons. The number of carboxylic acids is 3. The van der Waals surface area contributed by atoms with Gasteiger partial charge in [-0.2, -0.15) is 13.2 Å². The Morgan fingerprint density at radius 1 is 0.720 bits per heavy atom. The minimum absolute atomic E-state index is 0.110. The normalized spacial score (nSPS) is 14.6. The molecule has 1 unspecified atom stereocenters. The van der Waals surface area contributed by atoms with Crippen LogP contribution in [-0.2, 0) is 20.5 Å². The number of amides is 2. The molecule has 0 bridgehead atoms. The van der Waals surface area contributed by atoms with Gasteiger partial charge in [-0.15, -0.1) is 21.6 Å². The number of aliphatic carboxylic acids is 2. The Labute approximate surface area is 689 Å². The van der Waals surface area contributed by atoms with Crippen molar-refractivity contribution in [2.75, 3.05) is 66.3 Å². The number of carbonyl (C=O) groups excluding carboxylic acids is 2. The first-order valence-electron chi connectivity index (χ1n) is 38.6. The first kappa shape index (κ1) is 87.5. The number of thiazole rings is 2. The number of anilines is 4. The van der Waals surface area contributed by atoms with Crippen molar-refractivity contribution in [1.29, 1.82) is 0 Å². The summed E-state index contributed by atoms with van der Waals surface area (Å²) in [5.41, 5.74) is 5.14. The number of rotatable bonds is 25. The van der Waals surface area contributed by atoms with Gasteiger partial charge in [-0.3, -0.25) is 39.8 Å². The molecule has 23 nitrogen and oxygen atoms in total. The summed E-state index contributed by atoms with van der Waals surface area (Å²) in [5, 5.41) is 57.1. The molecule has 2 saturated heterocycles. The number of azo groups is 1. The minimum atomic E-state index is -4.50. The van der Waals surface area contributed by atoms with Gasteiger partial charge in [0.25, 0.3) is 17.4 Å². The number of phenolic OH excluding ortho intramolecular Hbond substituents is 1. The number of ether oxygens (including phenoxy) is 1. The second kappa shape index (κ2) is 39.7. The largest absolute Gasteiger partial charge is 0.506 e. The molecule has 118 heavy (non-hydrogen) atoms. The van der Waals surface area contributed by atoms with E-state index >= 15 is 4.39 Å². The number of H-pyrrole nitrogens is 1. The quantitative estimate of drug-likeness (QED) is 0.0121. The predicted molar refractivity (Wildman–Crippen MR) is 444 cm³/mol. The molecule has 10 aromatic rings. The number of aromatic carboxylic acids is 1. The summed E-state index contributed by atoms with van der Waals surface area (Å²) >= 11 is 8.80. The van der Waals surface area contributed by atoms with E-state index in [2.05, 4.69) is 64.6 Å². The van der Waals surface area contributed by atoms with Crippen LogP contribution in [0, 0.1) is 44.1 Å². The average Bonchev–Trinajstić information content (AvgIpc) is 1.63. The second-order valence-corrected chi connectivity index (χ2v) is 31.2. The molecule has 1 atom stereocenters. The number of benzene rings is 6. The minimum Gasteiger partial charge on any atom is -0.506 e. The summed E-state index contributed by atoms with van der Waals surface area (Å²) in [6.45, 7) is 15.7. The molecule has 2 amide bonds. The predicted octanol–water partition coefficient (Wildman–Crippen LogP) is 20.5. The highest BCUT2D eigenvalue weighted by molar-refractivity contribution is 7.20. The number of aromatic nitrogens is 5. The summed E-state index contributed by atoms with van der Waals surface area (Å²) in [6.07, 6.45) is 8.92. The summed E-state index contributed by atoms with van der Waals surface area (Å²) in [7, 11) is 0. The Bertz CT molecular complexity index is 5390. The molecule has 3 aliphatic rings. The molecule has 13 rings (SSSR count). The zero-order chi connectivity index (χ0) is 84.6. The lowest BCUT2D eigenvalue weighted by atomic mass is 9.94. The number of unbranched alkanes of at least 4 members (excludes halogenated alkanes) is 2. The highest BCUT2D eigenvalue weighted by atomic mass is 35.5. The molecule has 7 N–H and O–H groups in total. The first-order chi connectivity index (χ1) is 56.5. The van der Waals surface area contributed by atoms with Gasteiger partial charge >= 0.3 is 24.1 Å². The molecule has 6 aromatic carbocycles. The van der Waals surface area contributed by atoms with Gasteiger partial charge in [-0.1, -0.05) is 124 Å². The molecular formula is C86H89ClF6N12O11S2. The number of alkyl halides is 3. The van der Waals surface area contributed by atoms with Crippen LogP contribution in [0.15, 0.2) is 154 Å². The SMILES string of the molecule is CCCCOC(CCCC)c1cccc(-c2csc(NC(=O)c3cc(F)c(/C=C(\C)C(=O)O)c(F)c3)n2)c1F.Cc1ccc(-n2[nH]c(C)c(N=Nc3ccc(-c4ccc(C(=O)O)cc4)cc3O)c2=O)cc1C.O=C(Nc1nc(-c2cccc(C(F)(F)F)c2)c(N2CCN(C3CCCCC3)CC2)s1)c1cnc(N2CCC(C(=O)O)CC2)c(Cl)c1. The summed E-state index contributed by atoms with van der Waals surface area (Å²) < 4.78 is 92.8. The smallest absolute Gasteiger partial charge is 0.416 e. The van der Waals surface area contributed by atoms with E-state index in [1.54, 1.807) is 60.8 Å². The lowest BCUT2D eigenvalue weighted by molar-refractivity contribution is -0.142. The molecule has 0 spiro atoms. The van der Waals surface area contributed by atoms with Crippen LogP contribution in [-0.4, -0.2) is 132 Å². The van der Waals surface area contributed by atoms with Crippen molar-refractivity contribution in [3.8, 4) is 45.1 Å². The van der Waals surface area contributed by atoms with E-state index in [4.69, 9.17) is 26.6 Å². The number of carboxylic acid groups (broad SMARTS) is 3. The molecule has 620 valence electrons. The zero-order valence-electron chi connectivity index (χ0n) is 65.6. The number of hydrogen-bond acceptors (Lipinski definition) is 18. The highest BCUT2D eigenvalue weighted by Crippen LogP contribution is 2.43. The van der Waals surface area contributed by atoms with Gasteiger partial charge in [-0.25, -0.2) is 42.4 Å². The van der Waals surface area contributed by atoms with Crippen molar-refractivity contribution in [3.05, 3.63) is 222 Å². The number of aromatic hydroxyl groups is 1. The molecule has 4 aromatic heterocycles. The molecule has 32 heteroatoms. The van der Waals surface area contributed by atoms with Crippen LogP contribution in [0.25, 0.3) is 45.4 Å². The maximum atomic E-state index is 15.6. The third kappa shape index (κ3) is 21.9. The number of carbonyl (C=O) groups is 5. The van der Waals surface area contributed by atoms with Gasteiger partial charge in [0.1, 0.15) is 45.4 Å². The van der Waals surface area contributed by atoms with Gasteiger partial charge in [0.15, 0.2) is 16.0 Å². The second-order valence-electron chi connectivity index (χ2n) is 29.0. The van der Waals surface area contributed by atoms with E-state index in [1.807, 2.05) is 36.9 Å². The van der Waals surface area contributed by atoms with Crippen molar-refractivity contribution in [1.82, 2.24) is 29.6 Å². The van der Waals surface area contributed by atoms with E-state index in [-0.39, 0.29) is 71.9 Å². The van der Waals surface area contributed by atoms with Crippen molar-refractivity contribution < 1.29 is 75.5 Å². The van der Waals surface area contributed by atoms with Gasteiger partial charge in [-0.05, 0) is 167 Å². The standard InChI is InChI=1S/C32H36ClF3N6O3S.C29H31F3N2O4S.C25H22N4O4/c33-25-18-22(19-37-27(25)41-11-9-20(10-12-41)30(44)45)28(43)39-31-38-26(21-5-4-6-23(17-21)32(34,35)36)29(46-31)42-15-13-40(14-16-42)24-7-2-1-3-8-24;1-4-6-11-25(38-12-7-5-2)20-10-8-9-19(26(20)32)24-16-39-29(33-24)34-27(35)18-14-22(30)21(23(31)15-18)13-17(3)28(36)37;1-14-4-10-20(12-15(14)2)29-24(31)23(16(3)28-29)27-26-21-11-9-19(13-22(21)30)17-5-7-18(8-6-17)25(32)33/h4-6,17-20,24H,1-3,7-16H2,(H,44,45)(H,38,39,43);8-10,13-16,25H,4-7,11-12H2,1-3H3,(H,36,37)(H,33,34,35);4-13,28,30H,1-3H3,(H,32,33)/b;17-13+;. The Hall–Kier alpha value is -11.4. The Morgan fingerprint density at radius 3 is 2.04 bits per heavy atom. The van der Waals surface area contributed by atoms with Crippen molar-refractivity contribution in [2.45, 2.75) is 137 Å². The zero-order valence-corrected chi connectivity index (χ0v) is 68.0. The fourth-order valence-electron chi connectivity index (χ4n) is 13.9. The number of hydrogen-bond donors (Lipinski definition) is 7. The molecule has 1 aliphatic carbocycles. The summed E-state index contributed by atoms with van der Waals surface area (Å²) in [4.78, 5) is 92.1. The van der Waals surface area contributed by atoms with Crippen LogP contribution in [0.5, 0.6) is 5.75 Å². The molecule has 6 heterocycles. The Kier molecular flexibility index (Phi) is 29.4. The fraction of sp³-hybridized carbons (Fsp3) is 0.337. The van der Waals surface area contributed by atoms with Gasteiger partial charge < -0.3 is 35.0 Å². The van der Waals surface area contributed by atoms with Crippen LogP contribution >= 0.6 is 34.3 Å². The number of piperazine rings is 1. The molecule has 3 fully saturated rings. The number of piperidine rings is 1. The summed E-state index contributed by atoms with van der Waals surface area (Å²) in [5.74, 6) is -7.09. The van der Waals surface area contributed by atoms with Crippen LogP contribution in [0.2, 0.25) is 5.02 Å². The van der Waals surface area contributed by atoms with E-state index in [0.29, 0.717) is 108 Å². The number of pyridine rings is 1. The topological polar surface area (TPSA) is 310 Å². The van der Waals surface area contributed by atoms with E-state index in [9.17, 15) is 60.9 Å². The number of nitrogens with zero attached hydrogens (tertiary/aromatic N) is 9. The van der Waals surface area contributed by atoms with Gasteiger partial charge in [0.2, 0.25) is 0 Å². The molecule has 1 saturated carbocycles. The molecule has 2 aliphatic heterocycles. The average molecular weight is 1680 g/mol. The number of phenols is 1. The van der Waals surface area contributed by atoms with Gasteiger partial charge in [0.05, 0.1) is 50.8 Å². The lowest BCUT2D eigenvalue weighted by Crippen LogP contribution is -2.50. The van der Waals surface area contributed by atoms with Crippen molar-refractivity contribution in [2.24, 2.45) is 16.1 Å². The van der Waals surface area contributed by atoms with Gasteiger partial charge in [0, 0.05) is 96.9 Å². The number of nitrogens with one attached hydrogen (secondary N) is 3. The van der Waals surface area contributed by atoms with E-state index in [0.717, 1.165) is 97.1 Å². The maximum absolute atomic E-state index is 15.6. The Balaban J connectivity index is 0.000000176. The lowest BCUT2D eigenvalue weighted by Gasteiger charge is -2.41. The van der Waals surface area contributed by atoms with Crippen molar-refractivity contribution in [3.63, 3.8) is 0 Å². The number of aryl methyl sites for hydroxylation is 3. The summed E-state index contributed by atoms with van der Waals surface area (Å²) in [6, 6.07) is 30.8. The van der Waals surface area contributed by atoms with E-state index in [1.165, 1.54) is 91.6 Å². The van der Waals surface area contributed by atoms with Crippen LogP contribution < -0.4 is 26.0 Å². The monoisotopic (exact) mass is 1680 g/mol.